The average molecular weight is 127 g/mol. The first-order valence-electron chi connectivity index (χ1n) is 1.14. The highest BCUT2D eigenvalue weighted by Gasteiger charge is 1.69. The number of rotatable bonds is 1. The second-order valence-corrected chi connectivity index (χ2v) is 1.31. The number of hydrogen-bond acceptors (Lipinski definition) is 2. The highest BCUT2D eigenvalue weighted by atomic mass is 35.5. The summed E-state index contributed by atoms with van der Waals surface area (Å²) in [6.45, 7) is 0. The molecule has 0 N–H and O–H groups in total. The van der Waals surface area contributed by atoms with Crippen LogP contribution in [-0.2, 0) is 4.79 Å². The SMILES string of the molecule is CN(S)C=O.[Cl-]. The lowest BCUT2D eigenvalue weighted by Crippen LogP contribution is -3.00. The summed E-state index contributed by atoms with van der Waals surface area (Å²) in [5, 5.41) is 0. The Morgan fingerprint density at radius 1 is 1.83 bits per heavy atom. The molecule has 4 heteroatoms. The van der Waals surface area contributed by atoms with Crippen LogP contribution in [0, 0.1) is 0 Å². The van der Waals surface area contributed by atoms with Crippen LogP contribution >= 0.6 is 12.8 Å². The Balaban J connectivity index is 0. The number of carbonyl (C=O) groups excluding carboxylic acids is 1. The summed E-state index contributed by atoms with van der Waals surface area (Å²) in [5.41, 5.74) is 0. The lowest BCUT2D eigenvalue weighted by atomic mass is 11.2. The van der Waals surface area contributed by atoms with E-state index in [4.69, 9.17) is 0 Å². The van der Waals surface area contributed by atoms with Gasteiger partial charge in [-0.3, -0.25) is 9.10 Å². The summed E-state index contributed by atoms with van der Waals surface area (Å²) in [4.78, 5) is 9.35. The zero-order valence-corrected chi connectivity index (χ0v) is 4.91. The van der Waals surface area contributed by atoms with Crippen LogP contribution in [0.2, 0.25) is 0 Å². The average Bonchev–Trinajstić information content (AvgIpc) is 1.38. The fraction of sp³-hybridized carbons (Fsp3) is 0.500. The maximum absolute atomic E-state index is 9.35. The van der Waals surface area contributed by atoms with Gasteiger partial charge in [0.15, 0.2) is 0 Å². The van der Waals surface area contributed by atoms with Gasteiger partial charge >= 0.3 is 0 Å². The molecule has 0 bridgehead atoms. The van der Waals surface area contributed by atoms with Crippen LogP contribution in [-0.4, -0.2) is 17.8 Å². The highest BCUT2D eigenvalue weighted by molar-refractivity contribution is 7.78. The van der Waals surface area contributed by atoms with Gasteiger partial charge in [-0.25, -0.2) is 0 Å². The summed E-state index contributed by atoms with van der Waals surface area (Å²) in [6.07, 6.45) is 0.614. The predicted octanol–water partition coefficient (Wildman–Crippen LogP) is -3.08. The third kappa shape index (κ3) is 8.93. The van der Waals surface area contributed by atoms with Crippen molar-refractivity contribution in [3.05, 3.63) is 0 Å². The van der Waals surface area contributed by atoms with Gasteiger partial charge < -0.3 is 12.4 Å². The van der Waals surface area contributed by atoms with Crippen LogP contribution in [0.1, 0.15) is 0 Å². The van der Waals surface area contributed by atoms with Crippen molar-refractivity contribution in [3.63, 3.8) is 0 Å². The zero-order chi connectivity index (χ0) is 4.28. The Bertz CT molecular complexity index is 40.5. The lowest BCUT2D eigenvalue weighted by molar-refractivity contribution is -0.112. The molecular formula is C2H5ClNOS-. The summed E-state index contributed by atoms with van der Waals surface area (Å²) in [5.74, 6) is 0. The van der Waals surface area contributed by atoms with Crippen molar-refractivity contribution in [3.8, 4) is 0 Å². The molecule has 38 valence electrons. The Kier molecular flexibility index (Phi) is 8.04. The van der Waals surface area contributed by atoms with Crippen molar-refractivity contribution in [2.45, 2.75) is 0 Å². The number of nitrogens with zero attached hydrogens (tertiary/aromatic N) is 1. The summed E-state index contributed by atoms with van der Waals surface area (Å²) in [6, 6.07) is 0. The van der Waals surface area contributed by atoms with E-state index in [1.54, 1.807) is 7.05 Å². The molecule has 0 aromatic carbocycles. The summed E-state index contributed by atoms with van der Waals surface area (Å²) in [7, 11) is 1.55. The van der Waals surface area contributed by atoms with Crippen molar-refractivity contribution >= 4 is 19.2 Å². The zero-order valence-electron chi connectivity index (χ0n) is 3.26. The van der Waals surface area contributed by atoms with Gasteiger partial charge in [-0.05, 0) is 0 Å². The van der Waals surface area contributed by atoms with E-state index < -0.39 is 0 Å². The third-order valence-corrected chi connectivity index (χ3v) is 0.247. The van der Waals surface area contributed by atoms with Gasteiger partial charge in [0.05, 0.1) is 0 Å². The van der Waals surface area contributed by atoms with Crippen molar-refractivity contribution in [2.24, 2.45) is 0 Å². The molecule has 0 saturated heterocycles. The molecule has 0 atom stereocenters. The number of hydrogen-bond donors (Lipinski definition) is 1. The first kappa shape index (κ1) is 9.44. The maximum atomic E-state index is 9.35. The van der Waals surface area contributed by atoms with E-state index in [9.17, 15) is 4.79 Å². The second-order valence-electron chi connectivity index (χ2n) is 0.679. The van der Waals surface area contributed by atoms with Gasteiger partial charge in [0, 0.05) is 7.05 Å². The topological polar surface area (TPSA) is 20.3 Å². The summed E-state index contributed by atoms with van der Waals surface area (Å²) >= 11 is 3.56. The Morgan fingerprint density at radius 2 is 2.00 bits per heavy atom. The van der Waals surface area contributed by atoms with Crippen molar-refractivity contribution in [1.29, 1.82) is 0 Å². The minimum absolute atomic E-state index is 0. The van der Waals surface area contributed by atoms with Crippen LogP contribution in [0.15, 0.2) is 0 Å². The maximum Gasteiger partial charge on any atom is 0.219 e. The number of thiol groups is 1. The Morgan fingerprint density at radius 3 is 2.00 bits per heavy atom. The minimum Gasteiger partial charge on any atom is -1.00 e. The molecule has 0 spiro atoms. The van der Waals surface area contributed by atoms with Crippen LogP contribution in [0.5, 0.6) is 0 Å². The molecule has 0 rings (SSSR count). The number of halogens is 1. The fourth-order valence-electron chi connectivity index (χ4n) is 0. The molecule has 6 heavy (non-hydrogen) atoms. The normalized spacial score (nSPS) is 5.67. The van der Waals surface area contributed by atoms with Gasteiger partial charge in [-0.1, -0.05) is 12.8 Å². The molecule has 0 aromatic rings. The fourth-order valence-corrected chi connectivity index (χ4v) is 0. The smallest absolute Gasteiger partial charge is 0.219 e. The van der Waals surface area contributed by atoms with Gasteiger partial charge in [0.25, 0.3) is 0 Å². The van der Waals surface area contributed by atoms with Gasteiger partial charge in [0.2, 0.25) is 6.41 Å². The monoisotopic (exact) mass is 126 g/mol. The van der Waals surface area contributed by atoms with Gasteiger partial charge in [0.1, 0.15) is 0 Å². The first-order valence-corrected chi connectivity index (χ1v) is 1.54. The van der Waals surface area contributed by atoms with Crippen molar-refractivity contribution in [1.82, 2.24) is 4.31 Å². The Hall–Kier alpha value is 0.110. The first-order chi connectivity index (χ1) is 2.27. The molecule has 0 heterocycles. The lowest BCUT2D eigenvalue weighted by Gasteiger charge is -1.91. The van der Waals surface area contributed by atoms with Crippen molar-refractivity contribution in [2.75, 3.05) is 7.05 Å². The molecule has 0 aliphatic heterocycles. The standard InChI is InChI=1S/C2H5NOS.ClH/c1-3(5)2-4;/h2,5H,1H3;1H/p-1. The minimum atomic E-state index is 0. The van der Waals surface area contributed by atoms with Gasteiger partial charge in [-0.2, -0.15) is 0 Å². The molecule has 0 aliphatic rings. The van der Waals surface area contributed by atoms with E-state index in [0.717, 1.165) is 4.31 Å². The van der Waals surface area contributed by atoms with E-state index in [1.807, 2.05) is 0 Å². The third-order valence-electron chi connectivity index (χ3n) is 0.153. The molecule has 0 unspecified atom stereocenters. The number of amides is 1. The van der Waals surface area contributed by atoms with E-state index >= 15 is 0 Å². The molecule has 1 amide bonds. The van der Waals surface area contributed by atoms with Crippen LogP contribution in [0.4, 0.5) is 0 Å². The highest BCUT2D eigenvalue weighted by Crippen LogP contribution is 1.72. The predicted molar refractivity (Wildman–Crippen MR) is 22.8 cm³/mol. The molecule has 0 fully saturated rings. The number of carbonyl (C=O) groups is 1. The second kappa shape index (κ2) is 5.11. The summed E-state index contributed by atoms with van der Waals surface area (Å²) < 4.78 is 1.14. The quantitative estimate of drug-likeness (QED) is 0.292. The Labute approximate surface area is 48.5 Å². The molecule has 0 aromatic heterocycles. The molecule has 2 nitrogen and oxygen atoms in total. The molecule has 0 radical (unpaired) electrons. The van der Waals surface area contributed by atoms with E-state index in [-0.39, 0.29) is 12.4 Å². The molecule has 0 aliphatic carbocycles. The van der Waals surface area contributed by atoms with Crippen molar-refractivity contribution < 1.29 is 17.2 Å². The molecule has 0 saturated carbocycles. The largest absolute Gasteiger partial charge is 1.00 e. The molecular weight excluding hydrogens is 122 g/mol. The van der Waals surface area contributed by atoms with Crippen LogP contribution in [0.25, 0.3) is 0 Å². The van der Waals surface area contributed by atoms with E-state index in [1.165, 1.54) is 0 Å². The van der Waals surface area contributed by atoms with Gasteiger partial charge in [-0.15, -0.1) is 0 Å². The van der Waals surface area contributed by atoms with E-state index in [0.29, 0.717) is 6.41 Å². The van der Waals surface area contributed by atoms with E-state index in [2.05, 4.69) is 12.8 Å². The van der Waals surface area contributed by atoms with Crippen LogP contribution in [0.3, 0.4) is 0 Å². The van der Waals surface area contributed by atoms with Crippen LogP contribution < -0.4 is 12.4 Å².